The zero-order chi connectivity index (χ0) is 17.1. The molecule has 0 radical (unpaired) electrons. The highest BCUT2D eigenvalue weighted by Gasteiger charge is 2.29. The molecule has 1 heterocycles. The quantitative estimate of drug-likeness (QED) is 0.915. The van der Waals surface area contributed by atoms with Gasteiger partial charge in [0.1, 0.15) is 6.04 Å². The Bertz CT molecular complexity index is 731. The molecule has 24 heavy (non-hydrogen) atoms. The summed E-state index contributed by atoms with van der Waals surface area (Å²) in [7, 11) is 3.26. The third-order valence-electron chi connectivity index (χ3n) is 4.50. The monoisotopic (exact) mass is 326 g/mol. The van der Waals surface area contributed by atoms with Crippen LogP contribution in [-0.4, -0.2) is 31.6 Å². The zero-order valence-electron chi connectivity index (χ0n) is 14.0. The number of carbonyl (C=O) groups is 1. The highest BCUT2D eigenvalue weighted by molar-refractivity contribution is 5.81. The van der Waals surface area contributed by atoms with Crippen LogP contribution < -0.4 is 15.2 Å². The predicted octanol–water partition coefficient (Wildman–Crippen LogP) is 2.29. The van der Waals surface area contributed by atoms with Gasteiger partial charge in [-0.05, 0) is 35.2 Å². The van der Waals surface area contributed by atoms with E-state index in [4.69, 9.17) is 15.2 Å². The van der Waals surface area contributed by atoms with Gasteiger partial charge in [0.2, 0.25) is 5.91 Å². The number of amides is 1. The fourth-order valence-corrected chi connectivity index (χ4v) is 3.32. The first-order valence-corrected chi connectivity index (χ1v) is 7.96. The number of ether oxygens (including phenoxy) is 2. The fourth-order valence-electron chi connectivity index (χ4n) is 3.32. The summed E-state index contributed by atoms with van der Waals surface area (Å²) in [6.07, 6.45) is 0.840. The molecule has 0 spiro atoms. The maximum Gasteiger partial charge on any atom is 0.239 e. The summed E-state index contributed by atoms with van der Waals surface area (Å²) < 4.78 is 10.8. The van der Waals surface area contributed by atoms with Gasteiger partial charge in [0.25, 0.3) is 0 Å². The van der Waals surface area contributed by atoms with Gasteiger partial charge in [-0.3, -0.25) is 9.69 Å². The second-order valence-electron chi connectivity index (χ2n) is 5.91. The lowest BCUT2D eigenvalue weighted by molar-refractivity contribution is -0.123. The van der Waals surface area contributed by atoms with Gasteiger partial charge >= 0.3 is 0 Å². The van der Waals surface area contributed by atoms with Crippen LogP contribution in [0.3, 0.4) is 0 Å². The number of hydrogen-bond acceptors (Lipinski definition) is 4. The summed E-state index contributed by atoms with van der Waals surface area (Å²) in [5.74, 6) is 1.11. The maximum absolute atomic E-state index is 12.1. The lowest BCUT2D eigenvalue weighted by atomic mass is 9.95. The van der Waals surface area contributed by atoms with Gasteiger partial charge in [-0.15, -0.1) is 0 Å². The molecule has 0 saturated heterocycles. The molecule has 0 aromatic heterocycles. The Morgan fingerprint density at radius 1 is 1.08 bits per heavy atom. The topological polar surface area (TPSA) is 64.8 Å². The van der Waals surface area contributed by atoms with Crippen molar-refractivity contribution in [3.05, 3.63) is 59.2 Å². The molecular weight excluding hydrogens is 304 g/mol. The minimum absolute atomic E-state index is 0.329. The molecule has 2 aromatic carbocycles. The third-order valence-corrected chi connectivity index (χ3v) is 4.50. The van der Waals surface area contributed by atoms with Gasteiger partial charge in [0.15, 0.2) is 11.5 Å². The molecule has 3 rings (SSSR count). The third kappa shape index (κ3) is 3.08. The number of nitrogens with two attached hydrogens (primary N) is 1. The number of primary amides is 1. The molecule has 1 amide bonds. The summed E-state index contributed by atoms with van der Waals surface area (Å²) in [5.41, 5.74) is 8.98. The van der Waals surface area contributed by atoms with Crippen molar-refractivity contribution < 1.29 is 14.3 Å². The van der Waals surface area contributed by atoms with E-state index >= 15 is 0 Å². The molecule has 5 nitrogen and oxygen atoms in total. The second kappa shape index (κ2) is 6.93. The van der Waals surface area contributed by atoms with Crippen molar-refractivity contribution in [2.75, 3.05) is 20.8 Å². The molecule has 0 fully saturated rings. The Morgan fingerprint density at radius 3 is 2.29 bits per heavy atom. The predicted molar refractivity (Wildman–Crippen MR) is 92.0 cm³/mol. The summed E-state index contributed by atoms with van der Waals surface area (Å²) in [6, 6.07) is 13.3. The first-order valence-electron chi connectivity index (χ1n) is 7.96. The Morgan fingerprint density at radius 2 is 1.71 bits per heavy atom. The zero-order valence-corrected chi connectivity index (χ0v) is 14.0. The van der Waals surface area contributed by atoms with Crippen LogP contribution in [0.1, 0.15) is 22.7 Å². The van der Waals surface area contributed by atoms with Crippen LogP contribution >= 0.6 is 0 Å². The SMILES string of the molecule is COc1cc2c(cc1OC)CN(C(C(N)=O)c1ccccc1)CC2. The number of methoxy groups -OCH3 is 2. The van der Waals surface area contributed by atoms with E-state index in [1.54, 1.807) is 14.2 Å². The van der Waals surface area contributed by atoms with E-state index in [2.05, 4.69) is 4.90 Å². The molecule has 2 N–H and O–H groups in total. The Hall–Kier alpha value is -2.53. The van der Waals surface area contributed by atoms with Gasteiger partial charge < -0.3 is 15.2 Å². The largest absolute Gasteiger partial charge is 0.493 e. The number of rotatable bonds is 5. The molecule has 2 aromatic rings. The summed E-state index contributed by atoms with van der Waals surface area (Å²) in [5, 5.41) is 0. The molecule has 1 atom stereocenters. The van der Waals surface area contributed by atoms with E-state index in [1.165, 1.54) is 5.56 Å². The lowest BCUT2D eigenvalue weighted by Crippen LogP contribution is -2.40. The van der Waals surface area contributed by atoms with Crippen LogP contribution in [0, 0.1) is 0 Å². The molecule has 5 heteroatoms. The van der Waals surface area contributed by atoms with Crippen molar-refractivity contribution in [2.45, 2.75) is 19.0 Å². The van der Waals surface area contributed by atoms with Gasteiger partial charge in [0, 0.05) is 13.1 Å². The van der Waals surface area contributed by atoms with Crippen molar-refractivity contribution >= 4 is 5.91 Å². The molecule has 0 bridgehead atoms. The van der Waals surface area contributed by atoms with Crippen LogP contribution in [0.5, 0.6) is 11.5 Å². The molecule has 1 aliphatic heterocycles. The van der Waals surface area contributed by atoms with E-state index < -0.39 is 6.04 Å². The van der Waals surface area contributed by atoms with Gasteiger partial charge in [-0.2, -0.15) is 0 Å². The van der Waals surface area contributed by atoms with Crippen molar-refractivity contribution in [1.82, 2.24) is 4.90 Å². The molecule has 1 unspecified atom stereocenters. The lowest BCUT2D eigenvalue weighted by Gasteiger charge is -2.34. The van der Waals surface area contributed by atoms with E-state index in [0.717, 1.165) is 29.8 Å². The minimum atomic E-state index is -0.424. The normalized spacial score (nSPS) is 15.4. The molecule has 1 aliphatic rings. The molecule has 126 valence electrons. The van der Waals surface area contributed by atoms with E-state index in [0.29, 0.717) is 12.3 Å². The smallest absolute Gasteiger partial charge is 0.239 e. The van der Waals surface area contributed by atoms with E-state index in [-0.39, 0.29) is 5.91 Å². The van der Waals surface area contributed by atoms with Crippen LogP contribution in [0.2, 0.25) is 0 Å². The maximum atomic E-state index is 12.1. The molecule has 0 aliphatic carbocycles. The Kier molecular flexibility index (Phi) is 4.71. The fraction of sp³-hybridized carbons (Fsp3) is 0.316. The van der Waals surface area contributed by atoms with Gasteiger partial charge in [0.05, 0.1) is 14.2 Å². The van der Waals surface area contributed by atoms with Crippen molar-refractivity contribution in [1.29, 1.82) is 0 Å². The van der Waals surface area contributed by atoms with Crippen LogP contribution in [-0.2, 0) is 17.8 Å². The van der Waals surface area contributed by atoms with Crippen LogP contribution in [0.15, 0.2) is 42.5 Å². The van der Waals surface area contributed by atoms with Crippen molar-refractivity contribution in [3.63, 3.8) is 0 Å². The number of carbonyl (C=O) groups excluding carboxylic acids is 1. The Balaban J connectivity index is 1.92. The average Bonchev–Trinajstić information content (AvgIpc) is 2.61. The first-order chi connectivity index (χ1) is 11.6. The van der Waals surface area contributed by atoms with E-state index in [9.17, 15) is 4.79 Å². The first kappa shape index (κ1) is 16.3. The standard InChI is InChI=1S/C19H22N2O3/c1-23-16-10-14-8-9-21(12-15(14)11-17(16)24-2)18(19(20)22)13-6-4-3-5-7-13/h3-7,10-11,18H,8-9,12H2,1-2H3,(H2,20,22). The number of hydrogen-bond donors (Lipinski definition) is 1. The molecule has 0 saturated carbocycles. The highest BCUT2D eigenvalue weighted by atomic mass is 16.5. The van der Waals surface area contributed by atoms with Crippen LogP contribution in [0.25, 0.3) is 0 Å². The van der Waals surface area contributed by atoms with Gasteiger partial charge in [-0.1, -0.05) is 30.3 Å². The van der Waals surface area contributed by atoms with Crippen LogP contribution in [0.4, 0.5) is 0 Å². The number of fused-ring (bicyclic) bond motifs is 1. The van der Waals surface area contributed by atoms with Crippen molar-refractivity contribution in [2.24, 2.45) is 5.73 Å². The van der Waals surface area contributed by atoms with Crippen molar-refractivity contribution in [3.8, 4) is 11.5 Å². The number of nitrogens with zero attached hydrogens (tertiary/aromatic N) is 1. The number of benzene rings is 2. The summed E-state index contributed by atoms with van der Waals surface area (Å²) in [4.78, 5) is 14.2. The summed E-state index contributed by atoms with van der Waals surface area (Å²) >= 11 is 0. The molecular formula is C19H22N2O3. The second-order valence-corrected chi connectivity index (χ2v) is 5.91. The average molecular weight is 326 g/mol. The highest BCUT2D eigenvalue weighted by Crippen LogP contribution is 2.35. The minimum Gasteiger partial charge on any atom is -0.493 e. The Labute approximate surface area is 142 Å². The van der Waals surface area contributed by atoms with Gasteiger partial charge in [-0.25, -0.2) is 0 Å². The van der Waals surface area contributed by atoms with E-state index in [1.807, 2.05) is 42.5 Å². The summed E-state index contributed by atoms with van der Waals surface area (Å²) in [6.45, 7) is 1.42.